The normalized spacial score (nSPS) is 23.3. The highest BCUT2D eigenvalue weighted by Crippen LogP contribution is 2.65. The van der Waals surface area contributed by atoms with E-state index >= 15 is 0 Å². The lowest BCUT2D eigenvalue weighted by Crippen LogP contribution is -2.27. The van der Waals surface area contributed by atoms with Crippen LogP contribution in [-0.4, -0.2) is 34.2 Å². The highest BCUT2D eigenvalue weighted by molar-refractivity contribution is 6.10. The van der Waals surface area contributed by atoms with Crippen LogP contribution in [0.25, 0.3) is 22.2 Å². The molecule has 1 spiro atoms. The Bertz CT molecular complexity index is 1680. The number of amides is 1. The van der Waals surface area contributed by atoms with Gasteiger partial charge >= 0.3 is 0 Å². The number of carbonyl (C=O) groups is 1. The van der Waals surface area contributed by atoms with Gasteiger partial charge in [0.1, 0.15) is 5.75 Å². The van der Waals surface area contributed by atoms with E-state index in [2.05, 4.69) is 92.6 Å². The SMILES string of the molecule is COc1ccc2c(c1)[C@]1(C[C@H]1c1ccc3c(-c4ccc(N5C=CN(C6CCCC6)C=C5)cc4)n[nH]c3c1)C(=O)N2. The number of fused-ring (bicyclic) bond motifs is 3. The molecule has 40 heavy (non-hydrogen) atoms. The van der Waals surface area contributed by atoms with Crippen molar-refractivity contribution in [3.63, 3.8) is 0 Å². The van der Waals surface area contributed by atoms with Crippen LogP contribution in [0, 0.1) is 0 Å². The number of H-pyrrole nitrogens is 1. The molecule has 1 aromatic heterocycles. The predicted octanol–water partition coefficient (Wildman–Crippen LogP) is 6.62. The third-order valence-corrected chi connectivity index (χ3v) is 9.29. The summed E-state index contributed by atoms with van der Waals surface area (Å²) in [5, 5.41) is 12.1. The summed E-state index contributed by atoms with van der Waals surface area (Å²) in [4.78, 5) is 17.6. The number of anilines is 2. The smallest absolute Gasteiger partial charge is 0.235 e. The topological polar surface area (TPSA) is 73.5 Å². The zero-order chi connectivity index (χ0) is 26.8. The van der Waals surface area contributed by atoms with Gasteiger partial charge in [-0.15, -0.1) is 0 Å². The Hall–Kier alpha value is -4.52. The molecule has 0 unspecified atom stereocenters. The number of carbonyl (C=O) groups excluding carboxylic acids is 1. The maximum absolute atomic E-state index is 13.1. The van der Waals surface area contributed by atoms with E-state index < -0.39 is 5.41 Å². The van der Waals surface area contributed by atoms with E-state index in [1.54, 1.807) is 7.11 Å². The summed E-state index contributed by atoms with van der Waals surface area (Å²) in [6, 6.07) is 21.5. The molecule has 4 aliphatic rings. The molecular formula is C33H31N5O2. The standard InChI is InChI=1S/C33H31N5O2/c1-40-25-11-13-29-27(19-25)33(32(39)34-29)20-28(33)22-8-12-26-30(18-22)35-36-31(26)21-6-9-24(10-7-21)38-16-14-37(15-17-38)23-4-2-3-5-23/h6-19,23,28H,2-5,20H2,1H3,(H,34,39)(H,35,36)/t28-,33-/m0/s1. The van der Waals surface area contributed by atoms with Crippen LogP contribution in [0.15, 0.2) is 85.5 Å². The molecule has 2 saturated carbocycles. The van der Waals surface area contributed by atoms with Gasteiger partial charge in [0.05, 0.1) is 23.7 Å². The summed E-state index contributed by atoms with van der Waals surface area (Å²) in [5.74, 6) is 0.987. The molecular weight excluding hydrogens is 498 g/mol. The third kappa shape index (κ3) is 3.50. The van der Waals surface area contributed by atoms with Gasteiger partial charge in [0.15, 0.2) is 0 Å². The number of ether oxygens (including phenoxy) is 1. The van der Waals surface area contributed by atoms with Gasteiger partial charge in [-0.1, -0.05) is 37.1 Å². The second-order valence-electron chi connectivity index (χ2n) is 11.4. The minimum atomic E-state index is -0.512. The number of hydrogen-bond acceptors (Lipinski definition) is 5. The Kier molecular flexibility index (Phi) is 5.11. The van der Waals surface area contributed by atoms with Crippen molar-refractivity contribution in [3.05, 3.63) is 96.6 Å². The molecule has 2 atom stereocenters. The van der Waals surface area contributed by atoms with Crippen LogP contribution < -0.4 is 15.0 Å². The molecule has 0 radical (unpaired) electrons. The summed E-state index contributed by atoms with van der Waals surface area (Å²) in [5.41, 5.74) is 6.68. The summed E-state index contributed by atoms with van der Waals surface area (Å²) < 4.78 is 5.44. The second-order valence-corrected chi connectivity index (χ2v) is 11.4. The quantitative estimate of drug-likeness (QED) is 0.304. The zero-order valence-corrected chi connectivity index (χ0v) is 22.4. The number of rotatable bonds is 5. The molecule has 0 saturated heterocycles. The minimum Gasteiger partial charge on any atom is -0.497 e. The fourth-order valence-corrected chi connectivity index (χ4v) is 6.98. The molecule has 2 fully saturated rings. The third-order valence-electron chi connectivity index (χ3n) is 9.29. The number of hydrogen-bond donors (Lipinski definition) is 2. The van der Waals surface area contributed by atoms with Crippen molar-refractivity contribution < 1.29 is 9.53 Å². The highest BCUT2D eigenvalue weighted by Gasteiger charge is 2.65. The molecule has 7 nitrogen and oxygen atoms in total. The van der Waals surface area contributed by atoms with E-state index in [0.717, 1.165) is 56.8 Å². The van der Waals surface area contributed by atoms with Crippen LogP contribution in [0.1, 0.15) is 49.1 Å². The van der Waals surface area contributed by atoms with Gasteiger partial charge in [-0.3, -0.25) is 9.89 Å². The molecule has 2 aliphatic carbocycles. The summed E-state index contributed by atoms with van der Waals surface area (Å²) >= 11 is 0. The Morgan fingerprint density at radius 2 is 1.75 bits per heavy atom. The molecule has 2 aliphatic heterocycles. The molecule has 1 amide bonds. The number of benzene rings is 3. The Labute approximate surface area is 233 Å². The van der Waals surface area contributed by atoms with Crippen molar-refractivity contribution >= 4 is 28.2 Å². The fraction of sp³-hybridized carbons (Fsp3) is 0.273. The van der Waals surface area contributed by atoms with Crippen molar-refractivity contribution in [1.29, 1.82) is 0 Å². The maximum atomic E-state index is 13.1. The summed E-state index contributed by atoms with van der Waals surface area (Å²) in [7, 11) is 1.66. The van der Waals surface area contributed by atoms with E-state index in [-0.39, 0.29) is 11.8 Å². The molecule has 3 heterocycles. The Morgan fingerprint density at radius 1 is 0.950 bits per heavy atom. The first kappa shape index (κ1) is 23.4. The molecule has 4 aromatic rings. The van der Waals surface area contributed by atoms with E-state index in [4.69, 9.17) is 4.74 Å². The van der Waals surface area contributed by atoms with Crippen molar-refractivity contribution in [1.82, 2.24) is 15.1 Å². The largest absolute Gasteiger partial charge is 0.497 e. The van der Waals surface area contributed by atoms with Crippen LogP contribution in [0.2, 0.25) is 0 Å². The Balaban J connectivity index is 1.03. The zero-order valence-electron chi connectivity index (χ0n) is 22.4. The average Bonchev–Trinajstić information content (AvgIpc) is 3.28. The van der Waals surface area contributed by atoms with E-state index in [9.17, 15) is 4.79 Å². The van der Waals surface area contributed by atoms with Crippen LogP contribution in [0.5, 0.6) is 5.75 Å². The molecule has 3 aromatic carbocycles. The molecule has 0 bridgehead atoms. The number of aromatic amines is 1. The van der Waals surface area contributed by atoms with Crippen molar-refractivity contribution in [2.75, 3.05) is 17.3 Å². The number of nitrogens with zero attached hydrogens (tertiary/aromatic N) is 3. The maximum Gasteiger partial charge on any atom is 0.235 e. The lowest BCUT2D eigenvalue weighted by Gasteiger charge is -2.29. The van der Waals surface area contributed by atoms with E-state index in [1.165, 1.54) is 25.7 Å². The lowest BCUT2D eigenvalue weighted by molar-refractivity contribution is -0.118. The molecule has 7 heteroatoms. The van der Waals surface area contributed by atoms with E-state index in [1.807, 2.05) is 18.2 Å². The highest BCUT2D eigenvalue weighted by atomic mass is 16.5. The number of aromatic nitrogens is 2. The van der Waals surface area contributed by atoms with Crippen molar-refractivity contribution in [3.8, 4) is 17.0 Å². The van der Waals surface area contributed by atoms with Crippen LogP contribution >= 0.6 is 0 Å². The predicted molar refractivity (Wildman–Crippen MR) is 157 cm³/mol. The second kappa shape index (κ2) is 8.74. The van der Waals surface area contributed by atoms with Gasteiger partial charge < -0.3 is 19.9 Å². The van der Waals surface area contributed by atoms with Gasteiger partial charge in [-0.25, -0.2) is 0 Å². The first-order valence-corrected chi connectivity index (χ1v) is 14.1. The van der Waals surface area contributed by atoms with Gasteiger partial charge in [0, 0.05) is 59.1 Å². The fourth-order valence-electron chi connectivity index (χ4n) is 6.98. The lowest BCUT2D eigenvalue weighted by atomic mass is 9.91. The van der Waals surface area contributed by atoms with Crippen molar-refractivity contribution in [2.24, 2.45) is 0 Å². The number of nitrogens with one attached hydrogen (secondary N) is 2. The molecule has 200 valence electrons. The summed E-state index contributed by atoms with van der Waals surface area (Å²) in [6.45, 7) is 0. The van der Waals surface area contributed by atoms with Crippen molar-refractivity contribution in [2.45, 2.75) is 49.5 Å². The van der Waals surface area contributed by atoms with Crippen LogP contribution in [-0.2, 0) is 10.2 Å². The Morgan fingerprint density at radius 3 is 2.52 bits per heavy atom. The van der Waals surface area contributed by atoms with Gasteiger partial charge in [-0.05, 0) is 66.8 Å². The monoisotopic (exact) mass is 529 g/mol. The average molecular weight is 530 g/mol. The van der Waals surface area contributed by atoms with E-state index in [0.29, 0.717) is 6.04 Å². The first-order valence-electron chi connectivity index (χ1n) is 14.1. The summed E-state index contributed by atoms with van der Waals surface area (Å²) in [6.07, 6.45) is 14.7. The van der Waals surface area contributed by atoms with Gasteiger partial charge in [0.2, 0.25) is 5.91 Å². The van der Waals surface area contributed by atoms with Gasteiger partial charge in [0.25, 0.3) is 0 Å². The number of methoxy groups -OCH3 is 1. The minimum absolute atomic E-state index is 0.0795. The van der Waals surface area contributed by atoms with Crippen LogP contribution in [0.4, 0.5) is 11.4 Å². The molecule has 2 N–H and O–H groups in total. The first-order chi connectivity index (χ1) is 19.6. The van der Waals surface area contributed by atoms with Gasteiger partial charge in [-0.2, -0.15) is 5.10 Å². The van der Waals surface area contributed by atoms with Crippen LogP contribution in [0.3, 0.4) is 0 Å². The molecule has 8 rings (SSSR count).